The molecule has 1 fully saturated rings. The topological polar surface area (TPSA) is 116 Å². The summed E-state index contributed by atoms with van der Waals surface area (Å²) in [6, 6.07) is 12.6. The number of rotatable bonds is 6. The number of sulfonamides is 1. The number of carbonyl (C=O) groups is 2. The van der Waals surface area contributed by atoms with Gasteiger partial charge in [-0.3, -0.25) is 4.79 Å². The summed E-state index contributed by atoms with van der Waals surface area (Å²) in [5.41, 5.74) is 1.90. The van der Waals surface area contributed by atoms with Gasteiger partial charge in [0, 0.05) is 17.2 Å². The Bertz CT molecular complexity index is 954. The van der Waals surface area contributed by atoms with Crippen LogP contribution >= 0.6 is 23.5 Å². The average molecular weight is 439 g/mol. The molecule has 2 aromatic rings. The highest BCUT2D eigenvalue weighted by Crippen LogP contribution is 2.45. The molecule has 28 heavy (non-hydrogen) atoms. The van der Waals surface area contributed by atoms with Gasteiger partial charge in [-0.25, -0.2) is 18.4 Å². The van der Waals surface area contributed by atoms with Gasteiger partial charge in [-0.1, -0.05) is 12.1 Å². The number of primary sulfonamides is 1. The molecule has 3 N–H and O–H groups in total. The third-order valence-corrected chi connectivity index (χ3v) is 7.87. The average Bonchev–Trinajstić information content (AvgIpc) is 3.21. The summed E-state index contributed by atoms with van der Waals surface area (Å²) in [5.74, 6) is 1.13. The standard InChI is InChI=1S/C18H18N2O5S3/c19-28(23,24)15-7-5-14(6-8-15)20-16(21)11-25-17(22)12-1-3-13(4-2-12)18-26-9-10-27-18/h1-8,18H,9-11H2,(H,20,21)(H2,19,23,24). The van der Waals surface area contributed by atoms with Crippen LogP contribution in [0.2, 0.25) is 0 Å². The molecule has 0 bridgehead atoms. The highest BCUT2D eigenvalue weighted by atomic mass is 32.2. The summed E-state index contributed by atoms with van der Waals surface area (Å²) in [7, 11) is -3.79. The Morgan fingerprint density at radius 2 is 1.64 bits per heavy atom. The Kier molecular flexibility index (Phi) is 6.65. The molecule has 0 atom stereocenters. The fourth-order valence-electron chi connectivity index (χ4n) is 2.47. The lowest BCUT2D eigenvalue weighted by Gasteiger charge is -2.10. The fraction of sp³-hybridized carbons (Fsp3) is 0.222. The van der Waals surface area contributed by atoms with Crippen LogP contribution in [-0.4, -0.2) is 38.4 Å². The minimum atomic E-state index is -3.79. The van der Waals surface area contributed by atoms with E-state index in [1.807, 2.05) is 35.7 Å². The van der Waals surface area contributed by atoms with Gasteiger partial charge in [0.1, 0.15) is 0 Å². The molecule has 7 nitrogen and oxygen atoms in total. The Morgan fingerprint density at radius 3 is 2.21 bits per heavy atom. The van der Waals surface area contributed by atoms with Crippen molar-refractivity contribution < 1.29 is 22.7 Å². The number of amides is 1. The summed E-state index contributed by atoms with van der Waals surface area (Å²) < 4.78 is 27.8. The van der Waals surface area contributed by atoms with Gasteiger partial charge in [0.25, 0.3) is 5.91 Å². The maximum absolute atomic E-state index is 12.1. The van der Waals surface area contributed by atoms with Crippen LogP contribution in [0.1, 0.15) is 20.5 Å². The van der Waals surface area contributed by atoms with Gasteiger partial charge >= 0.3 is 5.97 Å². The van der Waals surface area contributed by atoms with Crippen molar-refractivity contribution in [2.24, 2.45) is 5.14 Å². The lowest BCUT2D eigenvalue weighted by atomic mass is 10.1. The molecular weight excluding hydrogens is 420 g/mol. The van der Waals surface area contributed by atoms with Crippen molar-refractivity contribution in [3.8, 4) is 0 Å². The number of esters is 1. The van der Waals surface area contributed by atoms with Gasteiger partial charge in [-0.15, -0.1) is 23.5 Å². The monoisotopic (exact) mass is 438 g/mol. The molecule has 1 amide bonds. The molecule has 0 aromatic heterocycles. The highest BCUT2D eigenvalue weighted by molar-refractivity contribution is 8.19. The van der Waals surface area contributed by atoms with E-state index < -0.39 is 28.5 Å². The molecule has 148 valence electrons. The molecule has 1 saturated heterocycles. The number of anilines is 1. The summed E-state index contributed by atoms with van der Waals surface area (Å²) in [6.45, 7) is -0.453. The SMILES string of the molecule is NS(=O)(=O)c1ccc(NC(=O)COC(=O)c2ccc(C3SCCS3)cc2)cc1. The summed E-state index contributed by atoms with van der Waals surface area (Å²) in [5, 5.41) is 7.53. The van der Waals surface area contributed by atoms with Crippen LogP contribution in [0.5, 0.6) is 0 Å². The first-order valence-electron chi connectivity index (χ1n) is 8.26. The van der Waals surface area contributed by atoms with Crippen molar-refractivity contribution in [1.82, 2.24) is 0 Å². The second kappa shape index (κ2) is 8.99. The van der Waals surface area contributed by atoms with E-state index in [2.05, 4.69) is 5.32 Å². The van der Waals surface area contributed by atoms with Gasteiger partial charge in [0.15, 0.2) is 6.61 Å². The lowest BCUT2D eigenvalue weighted by molar-refractivity contribution is -0.119. The highest BCUT2D eigenvalue weighted by Gasteiger charge is 2.19. The molecule has 1 heterocycles. The molecule has 0 saturated carbocycles. The van der Waals surface area contributed by atoms with E-state index in [0.717, 1.165) is 17.1 Å². The number of hydrogen-bond acceptors (Lipinski definition) is 7. The van der Waals surface area contributed by atoms with E-state index in [1.165, 1.54) is 24.3 Å². The van der Waals surface area contributed by atoms with Crippen molar-refractivity contribution in [2.45, 2.75) is 9.48 Å². The van der Waals surface area contributed by atoms with Crippen molar-refractivity contribution in [3.63, 3.8) is 0 Å². The number of hydrogen-bond donors (Lipinski definition) is 2. The Labute approximate surface area is 171 Å². The quantitative estimate of drug-likeness (QED) is 0.666. The first-order valence-corrected chi connectivity index (χ1v) is 11.9. The Hall–Kier alpha value is -2.01. The van der Waals surface area contributed by atoms with Crippen LogP contribution in [0.15, 0.2) is 53.4 Å². The van der Waals surface area contributed by atoms with E-state index in [9.17, 15) is 18.0 Å². The largest absolute Gasteiger partial charge is 0.452 e. The van der Waals surface area contributed by atoms with E-state index in [4.69, 9.17) is 9.88 Å². The number of ether oxygens (including phenoxy) is 1. The fourth-order valence-corrected chi connectivity index (χ4v) is 5.84. The molecule has 2 aromatic carbocycles. The zero-order valence-corrected chi connectivity index (χ0v) is 17.1. The number of nitrogens with one attached hydrogen (secondary N) is 1. The second-order valence-corrected chi connectivity index (χ2v) is 10.2. The molecule has 3 rings (SSSR count). The van der Waals surface area contributed by atoms with Crippen LogP contribution in [-0.2, 0) is 19.6 Å². The number of benzene rings is 2. The number of carbonyl (C=O) groups excluding carboxylic acids is 2. The van der Waals surface area contributed by atoms with Crippen molar-refractivity contribution in [2.75, 3.05) is 23.4 Å². The van der Waals surface area contributed by atoms with Crippen molar-refractivity contribution in [3.05, 3.63) is 59.7 Å². The van der Waals surface area contributed by atoms with E-state index in [1.54, 1.807) is 12.1 Å². The maximum atomic E-state index is 12.1. The van der Waals surface area contributed by atoms with Gasteiger partial charge in [0.05, 0.1) is 15.0 Å². The third kappa shape index (κ3) is 5.51. The van der Waals surface area contributed by atoms with Gasteiger partial charge < -0.3 is 10.1 Å². The lowest BCUT2D eigenvalue weighted by Crippen LogP contribution is -2.21. The summed E-state index contributed by atoms with van der Waals surface area (Å²) in [4.78, 5) is 24.0. The normalized spacial score (nSPS) is 14.6. The van der Waals surface area contributed by atoms with Crippen LogP contribution in [0.4, 0.5) is 5.69 Å². The molecule has 1 aliphatic heterocycles. The predicted octanol–water partition coefficient (Wildman–Crippen LogP) is 2.61. The van der Waals surface area contributed by atoms with Crippen LogP contribution < -0.4 is 10.5 Å². The van der Waals surface area contributed by atoms with Crippen LogP contribution in [0.3, 0.4) is 0 Å². The summed E-state index contributed by atoms with van der Waals surface area (Å²) >= 11 is 3.76. The zero-order valence-electron chi connectivity index (χ0n) is 14.7. The van der Waals surface area contributed by atoms with Crippen molar-refractivity contribution in [1.29, 1.82) is 0 Å². The first kappa shape index (κ1) is 20.7. The molecule has 0 radical (unpaired) electrons. The summed E-state index contributed by atoms with van der Waals surface area (Å²) in [6.07, 6.45) is 0. The molecule has 0 unspecified atom stereocenters. The Morgan fingerprint density at radius 1 is 1.04 bits per heavy atom. The zero-order chi connectivity index (χ0) is 20.1. The van der Waals surface area contributed by atoms with Crippen LogP contribution in [0, 0.1) is 0 Å². The van der Waals surface area contributed by atoms with E-state index in [-0.39, 0.29) is 4.90 Å². The second-order valence-electron chi connectivity index (χ2n) is 5.89. The molecular formula is C18H18N2O5S3. The predicted molar refractivity (Wildman–Crippen MR) is 111 cm³/mol. The van der Waals surface area contributed by atoms with E-state index in [0.29, 0.717) is 15.8 Å². The van der Waals surface area contributed by atoms with Crippen molar-refractivity contribution >= 4 is 51.1 Å². The van der Waals surface area contributed by atoms with Gasteiger partial charge in [-0.2, -0.15) is 0 Å². The number of thioether (sulfide) groups is 2. The third-order valence-electron chi connectivity index (χ3n) is 3.84. The van der Waals surface area contributed by atoms with E-state index >= 15 is 0 Å². The molecule has 10 heteroatoms. The molecule has 1 aliphatic rings. The molecule has 0 spiro atoms. The van der Waals surface area contributed by atoms with Crippen LogP contribution in [0.25, 0.3) is 0 Å². The number of nitrogens with two attached hydrogens (primary N) is 1. The minimum Gasteiger partial charge on any atom is -0.452 e. The molecule has 0 aliphatic carbocycles. The maximum Gasteiger partial charge on any atom is 0.338 e. The Balaban J connectivity index is 1.50. The first-order chi connectivity index (χ1) is 13.3. The minimum absolute atomic E-state index is 0.0604. The van der Waals surface area contributed by atoms with Gasteiger partial charge in [-0.05, 0) is 42.0 Å². The van der Waals surface area contributed by atoms with Gasteiger partial charge in [0.2, 0.25) is 10.0 Å². The smallest absolute Gasteiger partial charge is 0.338 e.